The van der Waals surface area contributed by atoms with Gasteiger partial charge >= 0.3 is 5.97 Å². The number of rotatable bonds is 4. The molecule has 0 saturated carbocycles. The molecule has 2 atom stereocenters. The van der Waals surface area contributed by atoms with Crippen molar-refractivity contribution < 1.29 is 19.4 Å². The number of aromatic carboxylic acids is 1. The zero-order valence-corrected chi connectivity index (χ0v) is 11.5. The second-order valence-electron chi connectivity index (χ2n) is 4.87. The molecular formula is C12H16N2O4S. The van der Waals surface area contributed by atoms with E-state index in [0.29, 0.717) is 5.69 Å². The van der Waals surface area contributed by atoms with Gasteiger partial charge in [0, 0.05) is 20.2 Å². The van der Waals surface area contributed by atoms with Crippen LogP contribution in [0.1, 0.15) is 28.2 Å². The number of morpholine rings is 1. The number of nitrogens with zero attached hydrogens (tertiary/aromatic N) is 2. The topological polar surface area (TPSA) is 71.9 Å². The molecule has 0 amide bonds. The minimum atomic E-state index is -0.938. The highest BCUT2D eigenvalue weighted by molar-refractivity contribution is 7.17. The van der Waals surface area contributed by atoms with Crippen molar-refractivity contribution >= 4 is 22.4 Å². The number of carbonyl (C=O) groups is 1. The Hall–Kier alpha value is -1.18. The zero-order valence-electron chi connectivity index (χ0n) is 10.7. The van der Waals surface area contributed by atoms with Crippen LogP contribution in [0.2, 0.25) is 0 Å². The molecule has 3 heterocycles. The number of fused-ring (bicyclic) bond motifs is 2. The maximum atomic E-state index is 11.2. The number of hydrogen-bond acceptors (Lipinski definition) is 6. The lowest BCUT2D eigenvalue weighted by atomic mass is 10.2. The summed E-state index contributed by atoms with van der Waals surface area (Å²) in [6.07, 6.45) is 2.70. The summed E-state index contributed by atoms with van der Waals surface area (Å²) in [5.41, 5.74) is 0.508. The molecule has 0 aliphatic carbocycles. The van der Waals surface area contributed by atoms with Crippen molar-refractivity contribution in [3.05, 3.63) is 10.6 Å². The fourth-order valence-electron chi connectivity index (χ4n) is 2.65. The van der Waals surface area contributed by atoms with Gasteiger partial charge in [-0.2, -0.15) is 0 Å². The lowest BCUT2D eigenvalue weighted by molar-refractivity contribution is 0.0304. The fourth-order valence-corrected chi connectivity index (χ4v) is 3.57. The first-order valence-electron chi connectivity index (χ1n) is 6.29. The number of carboxylic acids is 1. The van der Waals surface area contributed by atoms with Crippen molar-refractivity contribution in [1.29, 1.82) is 0 Å². The van der Waals surface area contributed by atoms with Crippen LogP contribution in [-0.2, 0) is 16.1 Å². The van der Waals surface area contributed by atoms with Crippen LogP contribution in [0.25, 0.3) is 0 Å². The zero-order chi connectivity index (χ0) is 13.4. The molecule has 1 N–H and O–H groups in total. The Morgan fingerprint density at radius 1 is 1.53 bits per heavy atom. The second-order valence-corrected chi connectivity index (χ2v) is 5.85. The highest BCUT2D eigenvalue weighted by Gasteiger charge is 2.35. The maximum absolute atomic E-state index is 11.2. The molecule has 1 aromatic heterocycles. The Bertz CT molecular complexity index is 478. The molecule has 0 radical (unpaired) electrons. The summed E-state index contributed by atoms with van der Waals surface area (Å²) in [7, 11) is 1.54. The summed E-state index contributed by atoms with van der Waals surface area (Å²) in [4.78, 5) is 18.0. The van der Waals surface area contributed by atoms with E-state index in [0.717, 1.165) is 31.1 Å². The van der Waals surface area contributed by atoms with Gasteiger partial charge in [0.15, 0.2) is 5.13 Å². The first-order valence-corrected chi connectivity index (χ1v) is 7.11. The molecule has 7 heteroatoms. The number of anilines is 1. The van der Waals surface area contributed by atoms with Gasteiger partial charge < -0.3 is 19.5 Å². The Morgan fingerprint density at radius 3 is 2.79 bits per heavy atom. The van der Waals surface area contributed by atoms with Crippen LogP contribution >= 0.6 is 11.3 Å². The number of thiazole rings is 1. The highest BCUT2D eigenvalue weighted by Crippen LogP contribution is 2.33. The standard InChI is InChI=1S/C12H16N2O4S/c1-17-6-9-10(11(15)16)19-12(13-9)14-4-7-2-3-8(5-14)18-7/h7-8H,2-6H2,1H3,(H,15,16). The monoisotopic (exact) mass is 284 g/mol. The molecule has 3 rings (SSSR count). The average Bonchev–Trinajstić information content (AvgIpc) is 2.94. The van der Waals surface area contributed by atoms with Crippen molar-refractivity contribution in [3.63, 3.8) is 0 Å². The van der Waals surface area contributed by atoms with Crippen LogP contribution in [0.15, 0.2) is 0 Å². The molecule has 0 aromatic carbocycles. The van der Waals surface area contributed by atoms with Crippen molar-refractivity contribution in [2.75, 3.05) is 25.1 Å². The minimum absolute atomic E-state index is 0.231. The fraction of sp³-hybridized carbons (Fsp3) is 0.667. The van der Waals surface area contributed by atoms with E-state index in [2.05, 4.69) is 9.88 Å². The molecule has 104 valence electrons. The lowest BCUT2D eigenvalue weighted by Gasteiger charge is -2.31. The van der Waals surface area contributed by atoms with Crippen LogP contribution in [-0.4, -0.2) is 48.5 Å². The van der Waals surface area contributed by atoms with E-state index in [-0.39, 0.29) is 23.7 Å². The Kier molecular flexibility index (Phi) is 3.42. The van der Waals surface area contributed by atoms with E-state index < -0.39 is 5.97 Å². The van der Waals surface area contributed by atoms with Gasteiger partial charge in [-0.3, -0.25) is 0 Å². The summed E-state index contributed by atoms with van der Waals surface area (Å²) in [5, 5.41) is 9.96. The number of methoxy groups -OCH3 is 1. The highest BCUT2D eigenvalue weighted by atomic mass is 32.1. The first-order chi connectivity index (χ1) is 9.17. The quantitative estimate of drug-likeness (QED) is 0.900. The van der Waals surface area contributed by atoms with Crippen molar-refractivity contribution in [2.24, 2.45) is 0 Å². The van der Waals surface area contributed by atoms with Gasteiger partial charge in [0.2, 0.25) is 0 Å². The third-order valence-corrected chi connectivity index (χ3v) is 4.62. The minimum Gasteiger partial charge on any atom is -0.477 e. The molecule has 2 aliphatic rings. The first kappa shape index (κ1) is 12.8. The summed E-state index contributed by atoms with van der Waals surface area (Å²) >= 11 is 1.23. The van der Waals surface area contributed by atoms with Crippen LogP contribution in [0, 0.1) is 0 Å². The molecule has 2 saturated heterocycles. The van der Waals surface area contributed by atoms with Crippen LogP contribution in [0.3, 0.4) is 0 Å². The van der Waals surface area contributed by atoms with Crippen LogP contribution in [0.4, 0.5) is 5.13 Å². The number of carboxylic acid groups (broad SMARTS) is 1. The van der Waals surface area contributed by atoms with Crippen LogP contribution in [0.5, 0.6) is 0 Å². The Morgan fingerprint density at radius 2 is 2.21 bits per heavy atom. The van der Waals surface area contributed by atoms with Gasteiger partial charge in [-0.05, 0) is 12.8 Å². The largest absolute Gasteiger partial charge is 0.477 e. The molecule has 2 fully saturated rings. The predicted molar refractivity (Wildman–Crippen MR) is 69.9 cm³/mol. The summed E-state index contributed by atoms with van der Waals surface area (Å²) < 4.78 is 10.8. The Labute approximate surface area is 115 Å². The smallest absolute Gasteiger partial charge is 0.347 e. The van der Waals surface area contributed by atoms with Gasteiger partial charge in [0.1, 0.15) is 4.88 Å². The van der Waals surface area contributed by atoms with Crippen LogP contribution < -0.4 is 4.90 Å². The molecule has 2 bridgehead atoms. The van der Waals surface area contributed by atoms with Gasteiger partial charge in [0.05, 0.1) is 24.5 Å². The lowest BCUT2D eigenvalue weighted by Crippen LogP contribution is -2.42. The van der Waals surface area contributed by atoms with E-state index >= 15 is 0 Å². The molecule has 1 aromatic rings. The van der Waals surface area contributed by atoms with Crippen molar-refractivity contribution in [3.8, 4) is 0 Å². The van der Waals surface area contributed by atoms with Crippen molar-refractivity contribution in [1.82, 2.24) is 4.98 Å². The molecule has 2 aliphatic heterocycles. The molecular weight excluding hydrogens is 268 g/mol. The summed E-state index contributed by atoms with van der Waals surface area (Å²) in [5.74, 6) is -0.938. The van der Waals surface area contributed by atoms with Gasteiger partial charge in [0.25, 0.3) is 0 Å². The van der Waals surface area contributed by atoms with Crippen molar-refractivity contribution in [2.45, 2.75) is 31.7 Å². The number of hydrogen-bond donors (Lipinski definition) is 1. The summed E-state index contributed by atoms with van der Waals surface area (Å²) in [6.45, 7) is 1.83. The van der Waals surface area contributed by atoms with Gasteiger partial charge in [-0.15, -0.1) is 0 Å². The van der Waals surface area contributed by atoms with E-state index in [1.807, 2.05) is 0 Å². The number of aromatic nitrogens is 1. The van der Waals surface area contributed by atoms with Gasteiger partial charge in [-0.25, -0.2) is 9.78 Å². The average molecular weight is 284 g/mol. The van der Waals surface area contributed by atoms with E-state index in [9.17, 15) is 9.90 Å². The molecule has 0 spiro atoms. The SMILES string of the molecule is COCc1nc(N2CC3CCC(C2)O3)sc1C(=O)O. The molecule has 2 unspecified atom stereocenters. The summed E-state index contributed by atoms with van der Waals surface area (Å²) in [6, 6.07) is 0. The Balaban J connectivity index is 1.84. The second kappa shape index (κ2) is 5.07. The van der Waals surface area contributed by atoms with E-state index in [1.54, 1.807) is 7.11 Å². The van der Waals surface area contributed by atoms with E-state index in [1.165, 1.54) is 11.3 Å². The predicted octanol–water partition coefficient (Wildman–Crippen LogP) is 1.36. The molecule has 6 nitrogen and oxygen atoms in total. The maximum Gasteiger partial charge on any atom is 0.347 e. The van der Waals surface area contributed by atoms with E-state index in [4.69, 9.17) is 9.47 Å². The normalized spacial score (nSPS) is 25.8. The van der Waals surface area contributed by atoms with Gasteiger partial charge in [-0.1, -0.05) is 11.3 Å². The third-order valence-electron chi connectivity index (χ3n) is 3.48. The number of ether oxygens (including phenoxy) is 2. The third kappa shape index (κ3) is 2.45. The molecule has 19 heavy (non-hydrogen) atoms.